The highest BCUT2D eigenvalue weighted by molar-refractivity contribution is 8.00. The van der Waals surface area contributed by atoms with E-state index in [2.05, 4.69) is 25.1 Å². The maximum absolute atomic E-state index is 12.1. The molecular formula is C14H17NO2S. The summed E-state index contributed by atoms with van der Waals surface area (Å²) in [5.74, 6) is 0.746. The van der Waals surface area contributed by atoms with Crippen molar-refractivity contribution in [1.82, 2.24) is 0 Å². The highest BCUT2D eigenvalue weighted by Crippen LogP contribution is 2.36. The molecule has 3 rings (SSSR count). The lowest BCUT2D eigenvalue weighted by molar-refractivity contribution is -0.116. The molecule has 18 heavy (non-hydrogen) atoms. The summed E-state index contributed by atoms with van der Waals surface area (Å²) >= 11 is 1.64. The van der Waals surface area contributed by atoms with Crippen LogP contribution >= 0.6 is 11.8 Å². The van der Waals surface area contributed by atoms with Crippen LogP contribution in [0.4, 0.5) is 5.69 Å². The van der Waals surface area contributed by atoms with Gasteiger partial charge in [-0.05, 0) is 37.5 Å². The van der Waals surface area contributed by atoms with Crippen molar-refractivity contribution in [3.8, 4) is 0 Å². The molecule has 2 aliphatic rings. The Morgan fingerprint density at radius 3 is 3.17 bits per heavy atom. The zero-order chi connectivity index (χ0) is 12.5. The van der Waals surface area contributed by atoms with E-state index in [1.54, 1.807) is 11.8 Å². The van der Waals surface area contributed by atoms with Crippen LogP contribution in [0.2, 0.25) is 0 Å². The van der Waals surface area contributed by atoms with Crippen molar-refractivity contribution in [2.45, 2.75) is 30.8 Å². The number of carbonyl (C=O) groups excluding carboxylic acids is 1. The van der Waals surface area contributed by atoms with E-state index in [-0.39, 0.29) is 12.0 Å². The van der Waals surface area contributed by atoms with Crippen LogP contribution in [0.5, 0.6) is 0 Å². The second-order valence-corrected chi connectivity index (χ2v) is 5.92. The number of anilines is 1. The van der Waals surface area contributed by atoms with E-state index in [4.69, 9.17) is 4.74 Å². The first kappa shape index (κ1) is 12.1. The molecule has 4 heteroatoms. The van der Waals surface area contributed by atoms with E-state index in [0.717, 1.165) is 25.1 Å². The van der Waals surface area contributed by atoms with Gasteiger partial charge in [0, 0.05) is 11.5 Å². The topological polar surface area (TPSA) is 29.5 Å². The van der Waals surface area contributed by atoms with E-state index in [0.29, 0.717) is 12.3 Å². The van der Waals surface area contributed by atoms with Crippen molar-refractivity contribution in [2.24, 2.45) is 0 Å². The lowest BCUT2D eigenvalue weighted by Gasteiger charge is -2.31. The Balaban J connectivity index is 1.86. The van der Waals surface area contributed by atoms with Gasteiger partial charge in [0.25, 0.3) is 0 Å². The predicted octanol–water partition coefficient (Wildman–Crippen LogP) is 2.61. The van der Waals surface area contributed by atoms with Gasteiger partial charge >= 0.3 is 0 Å². The van der Waals surface area contributed by atoms with Crippen LogP contribution in [0.3, 0.4) is 0 Å². The number of benzene rings is 1. The van der Waals surface area contributed by atoms with Gasteiger partial charge in [0.1, 0.15) is 0 Å². The van der Waals surface area contributed by atoms with Crippen LogP contribution in [-0.2, 0) is 9.53 Å². The molecule has 0 spiro atoms. The third-order valence-corrected chi connectivity index (χ3v) is 4.50. The molecule has 0 bridgehead atoms. The number of nitrogens with zero attached hydrogens (tertiary/aromatic N) is 1. The Morgan fingerprint density at radius 2 is 2.39 bits per heavy atom. The number of thioether (sulfide) groups is 1. The average molecular weight is 263 g/mol. The van der Waals surface area contributed by atoms with E-state index < -0.39 is 0 Å². The predicted molar refractivity (Wildman–Crippen MR) is 73.2 cm³/mol. The standard InChI is InChI=1S/C14H17NO2S/c1-10-4-5-12-13(7-10)18-9-14(16)15(12)8-11-3-2-6-17-11/h4-5,7,11H,2-3,6,8-9H2,1H3/t11-/m0/s1. The first-order chi connectivity index (χ1) is 8.74. The summed E-state index contributed by atoms with van der Waals surface area (Å²) in [7, 11) is 0. The van der Waals surface area contributed by atoms with Crippen LogP contribution in [0.25, 0.3) is 0 Å². The molecule has 2 aliphatic heterocycles. The molecule has 0 saturated carbocycles. The first-order valence-electron chi connectivity index (χ1n) is 6.39. The van der Waals surface area contributed by atoms with Crippen molar-refractivity contribution in [1.29, 1.82) is 0 Å². The lowest BCUT2D eigenvalue weighted by Crippen LogP contribution is -2.40. The minimum atomic E-state index is 0.201. The number of rotatable bonds is 2. The molecular weight excluding hydrogens is 246 g/mol. The molecule has 96 valence electrons. The molecule has 0 aliphatic carbocycles. The highest BCUT2D eigenvalue weighted by atomic mass is 32.2. The van der Waals surface area contributed by atoms with Gasteiger partial charge in [-0.1, -0.05) is 6.07 Å². The zero-order valence-corrected chi connectivity index (χ0v) is 11.3. The highest BCUT2D eigenvalue weighted by Gasteiger charge is 2.28. The maximum Gasteiger partial charge on any atom is 0.237 e. The molecule has 1 saturated heterocycles. The number of hydrogen-bond acceptors (Lipinski definition) is 3. The molecule has 0 radical (unpaired) electrons. The van der Waals surface area contributed by atoms with Crippen LogP contribution in [0, 0.1) is 6.92 Å². The molecule has 0 unspecified atom stereocenters. The fourth-order valence-electron chi connectivity index (χ4n) is 2.50. The van der Waals surface area contributed by atoms with Gasteiger partial charge in [-0.15, -0.1) is 11.8 Å². The van der Waals surface area contributed by atoms with Gasteiger partial charge in [0.2, 0.25) is 5.91 Å². The largest absolute Gasteiger partial charge is 0.376 e. The second kappa shape index (κ2) is 4.94. The third kappa shape index (κ3) is 2.27. The molecule has 1 atom stereocenters. The van der Waals surface area contributed by atoms with Crippen LogP contribution in [0.1, 0.15) is 18.4 Å². The Morgan fingerprint density at radius 1 is 1.50 bits per heavy atom. The molecule has 0 N–H and O–H groups in total. The summed E-state index contributed by atoms with van der Waals surface area (Å²) in [6, 6.07) is 6.29. The molecule has 1 fully saturated rings. The number of amides is 1. The number of ether oxygens (including phenoxy) is 1. The monoisotopic (exact) mass is 263 g/mol. The van der Waals surface area contributed by atoms with Crippen molar-refractivity contribution in [3.63, 3.8) is 0 Å². The van der Waals surface area contributed by atoms with E-state index in [9.17, 15) is 4.79 Å². The summed E-state index contributed by atoms with van der Waals surface area (Å²) in [6.45, 7) is 3.62. The van der Waals surface area contributed by atoms with Crippen molar-refractivity contribution < 1.29 is 9.53 Å². The Bertz CT molecular complexity index is 469. The Labute approximate surface area is 111 Å². The lowest BCUT2D eigenvalue weighted by atomic mass is 10.1. The fourth-order valence-corrected chi connectivity index (χ4v) is 3.53. The average Bonchev–Trinajstić information content (AvgIpc) is 2.86. The van der Waals surface area contributed by atoms with Gasteiger partial charge in [-0.2, -0.15) is 0 Å². The van der Waals surface area contributed by atoms with Crippen molar-refractivity contribution >= 4 is 23.4 Å². The second-order valence-electron chi connectivity index (χ2n) is 4.90. The molecule has 0 aromatic heterocycles. The first-order valence-corrected chi connectivity index (χ1v) is 7.38. The Kier molecular flexibility index (Phi) is 3.31. The van der Waals surface area contributed by atoms with Gasteiger partial charge < -0.3 is 9.64 Å². The SMILES string of the molecule is Cc1ccc2c(c1)SCC(=O)N2C[C@@H]1CCCO1. The van der Waals surface area contributed by atoms with Crippen LogP contribution in [-0.4, -0.2) is 30.9 Å². The zero-order valence-electron chi connectivity index (χ0n) is 10.5. The van der Waals surface area contributed by atoms with E-state index in [1.165, 1.54) is 10.5 Å². The third-order valence-electron chi connectivity index (χ3n) is 3.47. The molecule has 1 aromatic rings. The normalized spacial score (nSPS) is 23.3. The van der Waals surface area contributed by atoms with E-state index >= 15 is 0 Å². The van der Waals surface area contributed by atoms with Gasteiger partial charge in [-0.3, -0.25) is 4.79 Å². The summed E-state index contributed by atoms with van der Waals surface area (Å²) in [4.78, 5) is 15.2. The molecule has 3 nitrogen and oxygen atoms in total. The van der Waals surface area contributed by atoms with Gasteiger partial charge in [-0.25, -0.2) is 0 Å². The van der Waals surface area contributed by atoms with Gasteiger partial charge in [0.15, 0.2) is 0 Å². The number of aryl methyl sites for hydroxylation is 1. The number of hydrogen-bond donors (Lipinski definition) is 0. The molecule has 1 aromatic carbocycles. The fraction of sp³-hybridized carbons (Fsp3) is 0.500. The van der Waals surface area contributed by atoms with Crippen molar-refractivity contribution in [3.05, 3.63) is 23.8 Å². The molecule has 1 amide bonds. The quantitative estimate of drug-likeness (QED) is 0.821. The van der Waals surface area contributed by atoms with Crippen LogP contribution in [0.15, 0.2) is 23.1 Å². The maximum atomic E-state index is 12.1. The summed E-state index contributed by atoms with van der Waals surface area (Å²) < 4.78 is 5.64. The van der Waals surface area contributed by atoms with Crippen LogP contribution < -0.4 is 4.90 Å². The molecule has 2 heterocycles. The smallest absolute Gasteiger partial charge is 0.237 e. The van der Waals surface area contributed by atoms with E-state index in [1.807, 2.05) is 4.90 Å². The van der Waals surface area contributed by atoms with Crippen molar-refractivity contribution in [2.75, 3.05) is 23.8 Å². The summed E-state index contributed by atoms with van der Waals surface area (Å²) in [5, 5.41) is 0. The summed E-state index contributed by atoms with van der Waals surface area (Å²) in [5.41, 5.74) is 2.30. The number of fused-ring (bicyclic) bond motifs is 1. The minimum absolute atomic E-state index is 0.201. The summed E-state index contributed by atoms with van der Waals surface area (Å²) in [6.07, 6.45) is 2.39. The van der Waals surface area contributed by atoms with Gasteiger partial charge in [0.05, 0.1) is 24.1 Å². The minimum Gasteiger partial charge on any atom is -0.376 e. The number of carbonyl (C=O) groups is 1. The Hall–Kier alpha value is -1.00.